The number of hydrogen-bond acceptors (Lipinski definition) is 3. The second-order valence-electron chi connectivity index (χ2n) is 7.40. The van der Waals surface area contributed by atoms with Gasteiger partial charge in [-0.2, -0.15) is 0 Å². The molecule has 4 unspecified atom stereocenters. The van der Waals surface area contributed by atoms with E-state index in [9.17, 15) is 5.11 Å². The number of aromatic nitrogens is 2. The van der Waals surface area contributed by atoms with Gasteiger partial charge in [0.15, 0.2) is 0 Å². The van der Waals surface area contributed by atoms with Gasteiger partial charge in [-0.3, -0.25) is 4.90 Å². The van der Waals surface area contributed by atoms with Gasteiger partial charge in [0.1, 0.15) is 0 Å². The lowest BCUT2D eigenvalue weighted by Gasteiger charge is -2.45. The van der Waals surface area contributed by atoms with Crippen molar-refractivity contribution >= 4 is 0 Å². The second kappa shape index (κ2) is 7.60. The molecule has 4 atom stereocenters. The molecule has 2 heterocycles. The monoisotopic (exact) mass is 305 g/mol. The Morgan fingerprint density at radius 1 is 1.18 bits per heavy atom. The molecule has 1 aromatic heterocycles. The van der Waals surface area contributed by atoms with E-state index in [2.05, 4.69) is 21.4 Å². The summed E-state index contributed by atoms with van der Waals surface area (Å²) in [6, 6.07) is 0.606. The zero-order valence-corrected chi connectivity index (χ0v) is 13.9. The SMILES string of the molecule is CC1CCC(O)C(C2CCCCN2CCCn2ccnc2)C1. The molecule has 0 bridgehead atoms. The van der Waals surface area contributed by atoms with Crippen LogP contribution in [0.15, 0.2) is 18.7 Å². The van der Waals surface area contributed by atoms with Crippen molar-refractivity contribution in [2.75, 3.05) is 13.1 Å². The van der Waals surface area contributed by atoms with E-state index >= 15 is 0 Å². The van der Waals surface area contributed by atoms with Crippen LogP contribution in [0.1, 0.15) is 51.9 Å². The van der Waals surface area contributed by atoms with Crippen LogP contribution in [0.25, 0.3) is 0 Å². The van der Waals surface area contributed by atoms with Crippen LogP contribution < -0.4 is 0 Å². The summed E-state index contributed by atoms with van der Waals surface area (Å²) in [6.07, 6.45) is 14.2. The lowest BCUT2D eigenvalue weighted by Crippen LogP contribution is -2.49. The number of likely N-dealkylation sites (tertiary alicyclic amines) is 1. The van der Waals surface area contributed by atoms with Crippen molar-refractivity contribution < 1.29 is 5.11 Å². The predicted molar refractivity (Wildman–Crippen MR) is 88.6 cm³/mol. The summed E-state index contributed by atoms with van der Waals surface area (Å²) in [6.45, 7) is 5.77. The van der Waals surface area contributed by atoms with Crippen molar-refractivity contribution in [2.24, 2.45) is 11.8 Å². The minimum Gasteiger partial charge on any atom is -0.393 e. The Balaban J connectivity index is 1.55. The molecular formula is C18H31N3O. The quantitative estimate of drug-likeness (QED) is 0.909. The Bertz CT molecular complexity index is 434. The molecule has 0 radical (unpaired) electrons. The van der Waals surface area contributed by atoms with E-state index in [1.807, 2.05) is 18.7 Å². The van der Waals surface area contributed by atoms with Crippen LogP contribution in [-0.2, 0) is 6.54 Å². The van der Waals surface area contributed by atoms with Gasteiger partial charge < -0.3 is 9.67 Å². The van der Waals surface area contributed by atoms with Crippen LogP contribution in [0, 0.1) is 11.8 Å². The number of aryl methyl sites for hydroxylation is 1. The van der Waals surface area contributed by atoms with Crippen molar-refractivity contribution in [1.82, 2.24) is 14.5 Å². The molecule has 3 rings (SSSR count). The molecule has 1 saturated carbocycles. The number of nitrogens with zero attached hydrogens (tertiary/aromatic N) is 3. The van der Waals surface area contributed by atoms with Gasteiger partial charge in [-0.15, -0.1) is 0 Å². The Hall–Kier alpha value is -0.870. The highest BCUT2D eigenvalue weighted by Crippen LogP contribution is 2.36. The minimum absolute atomic E-state index is 0.0737. The average molecular weight is 305 g/mol. The van der Waals surface area contributed by atoms with Gasteiger partial charge in [-0.1, -0.05) is 13.3 Å². The third-order valence-electron chi connectivity index (χ3n) is 5.70. The molecule has 1 saturated heterocycles. The fourth-order valence-corrected chi connectivity index (χ4v) is 4.48. The van der Waals surface area contributed by atoms with Crippen LogP contribution in [0.2, 0.25) is 0 Å². The van der Waals surface area contributed by atoms with Gasteiger partial charge in [0, 0.05) is 37.4 Å². The summed E-state index contributed by atoms with van der Waals surface area (Å²) in [7, 11) is 0. The minimum atomic E-state index is -0.0737. The Kier molecular flexibility index (Phi) is 5.53. The van der Waals surface area contributed by atoms with Crippen LogP contribution >= 0.6 is 0 Å². The molecule has 4 heteroatoms. The van der Waals surface area contributed by atoms with Crippen molar-refractivity contribution in [3.63, 3.8) is 0 Å². The standard InChI is InChI=1S/C18H31N3O/c1-15-6-7-18(22)16(13-15)17-5-2-3-10-21(17)11-4-9-20-12-8-19-14-20/h8,12,14-18,22H,2-7,9-11,13H2,1H3. The highest BCUT2D eigenvalue weighted by atomic mass is 16.3. The fraction of sp³-hybridized carbons (Fsp3) is 0.833. The van der Waals surface area contributed by atoms with E-state index in [0.29, 0.717) is 12.0 Å². The summed E-state index contributed by atoms with van der Waals surface area (Å²) >= 11 is 0. The first kappa shape index (κ1) is 16.0. The zero-order chi connectivity index (χ0) is 15.4. The van der Waals surface area contributed by atoms with Crippen molar-refractivity contribution in [3.8, 4) is 0 Å². The van der Waals surface area contributed by atoms with Crippen LogP contribution in [0.5, 0.6) is 0 Å². The largest absolute Gasteiger partial charge is 0.393 e. The lowest BCUT2D eigenvalue weighted by molar-refractivity contribution is -0.0181. The number of aliphatic hydroxyl groups excluding tert-OH is 1. The summed E-state index contributed by atoms with van der Waals surface area (Å²) in [5.74, 6) is 1.28. The molecule has 1 N–H and O–H groups in total. The normalized spacial score (nSPS) is 33.9. The summed E-state index contributed by atoms with van der Waals surface area (Å²) in [5.41, 5.74) is 0. The molecule has 124 valence electrons. The van der Waals surface area contributed by atoms with Gasteiger partial charge in [0.05, 0.1) is 12.4 Å². The second-order valence-corrected chi connectivity index (χ2v) is 7.40. The molecule has 1 aliphatic heterocycles. The van der Waals surface area contributed by atoms with E-state index in [1.54, 1.807) is 0 Å². The van der Waals surface area contributed by atoms with Gasteiger partial charge in [0.25, 0.3) is 0 Å². The van der Waals surface area contributed by atoms with Gasteiger partial charge in [-0.05, 0) is 51.0 Å². The Labute approximate surface area is 134 Å². The smallest absolute Gasteiger partial charge is 0.0945 e. The first-order chi connectivity index (χ1) is 10.7. The van der Waals surface area contributed by atoms with Crippen molar-refractivity contribution in [1.29, 1.82) is 0 Å². The summed E-state index contributed by atoms with van der Waals surface area (Å²) in [4.78, 5) is 6.78. The van der Waals surface area contributed by atoms with Gasteiger partial charge in [-0.25, -0.2) is 4.98 Å². The molecular weight excluding hydrogens is 274 g/mol. The van der Waals surface area contributed by atoms with E-state index < -0.39 is 0 Å². The number of imidazole rings is 1. The van der Waals surface area contributed by atoms with Gasteiger partial charge in [0.2, 0.25) is 0 Å². The lowest BCUT2D eigenvalue weighted by atomic mass is 9.74. The molecule has 4 nitrogen and oxygen atoms in total. The maximum absolute atomic E-state index is 10.5. The zero-order valence-electron chi connectivity index (χ0n) is 13.9. The number of rotatable bonds is 5. The van der Waals surface area contributed by atoms with Crippen LogP contribution in [0.4, 0.5) is 0 Å². The first-order valence-corrected chi connectivity index (χ1v) is 9.12. The summed E-state index contributed by atoms with van der Waals surface area (Å²) < 4.78 is 2.16. The number of piperidine rings is 1. The Morgan fingerprint density at radius 3 is 2.91 bits per heavy atom. The van der Waals surface area contributed by atoms with Crippen LogP contribution in [0.3, 0.4) is 0 Å². The van der Waals surface area contributed by atoms with E-state index in [0.717, 1.165) is 25.4 Å². The maximum atomic E-state index is 10.5. The third-order valence-corrected chi connectivity index (χ3v) is 5.70. The van der Waals surface area contributed by atoms with Crippen LogP contribution in [-0.4, -0.2) is 44.8 Å². The fourth-order valence-electron chi connectivity index (χ4n) is 4.48. The molecule has 2 fully saturated rings. The van der Waals surface area contributed by atoms with E-state index in [1.165, 1.54) is 45.1 Å². The molecule has 0 spiro atoms. The molecule has 2 aliphatic rings. The molecule has 0 aromatic carbocycles. The third kappa shape index (κ3) is 3.90. The average Bonchev–Trinajstić information content (AvgIpc) is 3.04. The summed E-state index contributed by atoms with van der Waals surface area (Å²) in [5, 5.41) is 10.5. The molecule has 0 amide bonds. The highest BCUT2D eigenvalue weighted by molar-refractivity contribution is 4.90. The molecule has 1 aliphatic carbocycles. The van der Waals surface area contributed by atoms with Crippen molar-refractivity contribution in [2.45, 2.75) is 70.6 Å². The Morgan fingerprint density at radius 2 is 2.09 bits per heavy atom. The number of aliphatic hydroxyl groups is 1. The topological polar surface area (TPSA) is 41.3 Å². The first-order valence-electron chi connectivity index (χ1n) is 9.12. The van der Waals surface area contributed by atoms with Gasteiger partial charge >= 0.3 is 0 Å². The highest BCUT2D eigenvalue weighted by Gasteiger charge is 2.37. The predicted octanol–water partition coefficient (Wildman–Crippen LogP) is 2.92. The van der Waals surface area contributed by atoms with E-state index in [-0.39, 0.29) is 6.10 Å². The molecule has 1 aromatic rings. The maximum Gasteiger partial charge on any atom is 0.0945 e. The number of hydrogen-bond donors (Lipinski definition) is 1. The van der Waals surface area contributed by atoms with E-state index in [4.69, 9.17) is 0 Å². The van der Waals surface area contributed by atoms with Crippen molar-refractivity contribution in [3.05, 3.63) is 18.7 Å². The molecule has 22 heavy (non-hydrogen) atoms.